The minimum Gasteiger partial charge on any atom is -0.351 e. The minimum absolute atomic E-state index is 0.0227. The first-order valence-electron chi connectivity index (χ1n) is 6.37. The lowest BCUT2D eigenvalue weighted by Crippen LogP contribution is -2.45. The van der Waals surface area contributed by atoms with Crippen LogP contribution in [0.4, 0.5) is 17.6 Å². The molecule has 2 nitrogen and oxygen atoms in total. The highest BCUT2D eigenvalue weighted by Crippen LogP contribution is 2.22. The average Bonchev–Trinajstić information content (AvgIpc) is 2.32. The zero-order valence-electron chi connectivity index (χ0n) is 10.7. The molecule has 0 unspecified atom stereocenters. The SMILES string of the molecule is CCCCCCCCCNC(=O)C(F)(F)C(F)F. The van der Waals surface area contributed by atoms with Crippen LogP contribution in [0, 0.1) is 0 Å². The Hall–Kier alpha value is -0.810. The normalized spacial score (nSPS) is 11.9. The molecular formula is C12H21F4NO. The number of rotatable bonds is 10. The van der Waals surface area contributed by atoms with Crippen molar-refractivity contribution < 1.29 is 22.4 Å². The first-order chi connectivity index (χ1) is 8.42. The van der Waals surface area contributed by atoms with Gasteiger partial charge in [-0.2, -0.15) is 8.78 Å². The molecule has 0 rings (SSSR count). The number of carbonyl (C=O) groups excluding carboxylic acids is 1. The summed E-state index contributed by atoms with van der Waals surface area (Å²) in [5.41, 5.74) is 0. The van der Waals surface area contributed by atoms with Crippen molar-refractivity contribution in [2.24, 2.45) is 0 Å². The van der Waals surface area contributed by atoms with Crippen LogP contribution in [-0.2, 0) is 4.79 Å². The first kappa shape index (κ1) is 17.2. The molecule has 0 fully saturated rings. The number of nitrogens with one attached hydrogen (secondary N) is 1. The Labute approximate surface area is 105 Å². The van der Waals surface area contributed by atoms with Crippen molar-refractivity contribution in [2.45, 2.75) is 64.2 Å². The van der Waals surface area contributed by atoms with Gasteiger partial charge in [0, 0.05) is 6.54 Å². The van der Waals surface area contributed by atoms with Gasteiger partial charge in [0.1, 0.15) is 0 Å². The number of unbranched alkanes of at least 4 members (excludes halogenated alkanes) is 6. The quantitative estimate of drug-likeness (QED) is 0.476. The van der Waals surface area contributed by atoms with Crippen LogP contribution in [0.3, 0.4) is 0 Å². The minimum atomic E-state index is -4.58. The number of halogens is 4. The van der Waals surface area contributed by atoms with E-state index < -0.39 is 18.3 Å². The van der Waals surface area contributed by atoms with E-state index >= 15 is 0 Å². The van der Waals surface area contributed by atoms with Gasteiger partial charge in [0.05, 0.1) is 0 Å². The maximum atomic E-state index is 12.5. The number of alkyl halides is 4. The molecule has 0 atom stereocenters. The zero-order chi connectivity index (χ0) is 14.0. The lowest BCUT2D eigenvalue weighted by Gasteiger charge is -2.14. The van der Waals surface area contributed by atoms with Crippen molar-refractivity contribution in [1.82, 2.24) is 5.32 Å². The monoisotopic (exact) mass is 271 g/mol. The Kier molecular flexibility index (Phi) is 8.75. The van der Waals surface area contributed by atoms with Crippen LogP contribution < -0.4 is 5.32 Å². The fraction of sp³-hybridized carbons (Fsp3) is 0.917. The highest BCUT2D eigenvalue weighted by molar-refractivity contribution is 5.83. The highest BCUT2D eigenvalue weighted by atomic mass is 19.3. The molecule has 1 amide bonds. The van der Waals surface area contributed by atoms with E-state index in [0.29, 0.717) is 6.42 Å². The molecule has 0 aliphatic heterocycles. The summed E-state index contributed by atoms with van der Waals surface area (Å²) < 4.78 is 48.6. The number of hydrogen-bond donors (Lipinski definition) is 1. The van der Waals surface area contributed by atoms with Crippen LogP contribution >= 0.6 is 0 Å². The van der Waals surface area contributed by atoms with E-state index in [1.807, 2.05) is 5.32 Å². The molecule has 0 saturated heterocycles. The van der Waals surface area contributed by atoms with E-state index in [9.17, 15) is 22.4 Å². The Morgan fingerprint density at radius 2 is 1.56 bits per heavy atom. The average molecular weight is 271 g/mol. The predicted octanol–water partition coefficient (Wildman–Crippen LogP) is 3.75. The molecule has 0 saturated carbocycles. The lowest BCUT2D eigenvalue weighted by molar-refractivity contribution is -0.169. The van der Waals surface area contributed by atoms with E-state index in [1.54, 1.807) is 0 Å². The molecule has 0 radical (unpaired) electrons. The van der Waals surface area contributed by atoms with Crippen molar-refractivity contribution in [3.63, 3.8) is 0 Å². The molecule has 0 bridgehead atoms. The summed E-state index contributed by atoms with van der Waals surface area (Å²) >= 11 is 0. The van der Waals surface area contributed by atoms with Gasteiger partial charge in [0.15, 0.2) is 0 Å². The molecule has 0 aromatic carbocycles. The van der Waals surface area contributed by atoms with E-state index in [4.69, 9.17) is 0 Å². The third-order valence-electron chi connectivity index (χ3n) is 2.64. The van der Waals surface area contributed by atoms with Gasteiger partial charge >= 0.3 is 12.3 Å². The zero-order valence-corrected chi connectivity index (χ0v) is 10.7. The largest absolute Gasteiger partial charge is 0.383 e. The first-order valence-corrected chi connectivity index (χ1v) is 6.37. The molecule has 6 heteroatoms. The van der Waals surface area contributed by atoms with E-state index in [2.05, 4.69) is 6.92 Å². The van der Waals surface area contributed by atoms with E-state index in [1.165, 1.54) is 6.42 Å². The second-order valence-corrected chi connectivity index (χ2v) is 4.30. The van der Waals surface area contributed by atoms with Crippen molar-refractivity contribution in [3.8, 4) is 0 Å². The molecule has 0 heterocycles. The summed E-state index contributed by atoms with van der Waals surface area (Å²) in [6.07, 6.45) is 2.92. The van der Waals surface area contributed by atoms with E-state index in [-0.39, 0.29) is 6.54 Å². The molecule has 1 N–H and O–H groups in total. The van der Waals surface area contributed by atoms with Crippen LogP contribution in [0.5, 0.6) is 0 Å². The highest BCUT2D eigenvalue weighted by Gasteiger charge is 2.48. The van der Waals surface area contributed by atoms with Gasteiger partial charge in [-0.05, 0) is 6.42 Å². The maximum Gasteiger partial charge on any atom is 0.383 e. The fourth-order valence-corrected chi connectivity index (χ4v) is 1.50. The number of hydrogen-bond acceptors (Lipinski definition) is 1. The van der Waals surface area contributed by atoms with E-state index in [0.717, 1.165) is 32.1 Å². The third-order valence-corrected chi connectivity index (χ3v) is 2.64. The topological polar surface area (TPSA) is 29.1 Å². The Morgan fingerprint density at radius 3 is 2.06 bits per heavy atom. The number of amides is 1. The van der Waals surface area contributed by atoms with Gasteiger partial charge in [-0.3, -0.25) is 4.79 Å². The van der Waals surface area contributed by atoms with Gasteiger partial charge in [-0.25, -0.2) is 8.78 Å². The van der Waals surface area contributed by atoms with Gasteiger partial charge in [-0.15, -0.1) is 0 Å². The lowest BCUT2D eigenvalue weighted by atomic mass is 10.1. The second kappa shape index (κ2) is 9.16. The van der Waals surface area contributed by atoms with Crippen molar-refractivity contribution in [1.29, 1.82) is 0 Å². The summed E-state index contributed by atoms with van der Waals surface area (Å²) in [5.74, 6) is -6.47. The fourth-order valence-electron chi connectivity index (χ4n) is 1.50. The third kappa shape index (κ3) is 6.81. The second-order valence-electron chi connectivity index (χ2n) is 4.30. The van der Waals surface area contributed by atoms with Crippen LogP contribution in [0.2, 0.25) is 0 Å². The predicted molar refractivity (Wildman–Crippen MR) is 62.0 cm³/mol. The Balaban J connectivity index is 3.52. The summed E-state index contributed by atoms with van der Waals surface area (Å²) in [4.78, 5) is 10.7. The smallest absolute Gasteiger partial charge is 0.351 e. The van der Waals surface area contributed by atoms with Gasteiger partial charge in [-0.1, -0.05) is 45.4 Å². The molecule has 0 aliphatic rings. The maximum absolute atomic E-state index is 12.5. The van der Waals surface area contributed by atoms with Crippen molar-refractivity contribution >= 4 is 5.91 Å². The standard InChI is InChI=1S/C12H21F4NO/c1-2-3-4-5-6-7-8-9-17-11(18)12(15,16)10(13)14/h10H,2-9H2,1H3,(H,17,18). The molecule has 0 aromatic heterocycles. The van der Waals surface area contributed by atoms with Crippen molar-refractivity contribution in [3.05, 3.63) is 0 Å². The molecule has 0 spiro atoms. The number of carbonyl (C=O) groups is 1. The molecular weight excluding hydrogens is 250 g/mol. The summed E-state index contributed by atoms with van der Waals surface area (Å²) in [7, 11) is 0. The summed E-state index contributed by atoms with van der Waals surface area (Å²) in [5, 5.41) is 1.84. The van der Waals surface area contributed by atoms with Gasteiger partial charge in [0.2, 0.25) is 0 Å². The molecule has 0 aromatic rings. The molecule has 108 valence electrons. The van der Waals surface area contributed by atoms with Crippen LogP contribution in [-0.4, -0.2) is 24.8 Å². The van der Waals surface area contributed by atoms with Crippen LogP contribution in [0.1, 0.15) is 51.9 Å². The van der Waals surface area contributed by atoms with Gasteiger partial charge in [0.25, 0.3) is 5.91 Å². The molecule has 18 heavy (non-hydrogen) atoms. The Morgan fingerprint density at radius 1 is 1.06 bits per heavy atom. The molecule has 0 aliphatic carbocycles. The summed E-state index contributed by atoms with van der Waals surface area (Å²) in [6, 6.07) is 0. The van der Waals surface area contributed by atoms with Gasteiger partial charge < -0.3 is 5.32 Å². The van der Waals surface area contributed by atoms with Crippen molar-refractivity contribution in [2.75, 3.05) is 6.54 Å². The van der Waals surface area contributed by atoms with Crippen LogP contribution in [0.15, 0.2) is 0 Å². The van der Waals surface area contributed by atoms with Crippen LogP contribution in [0.25, 0.3) is 0 Å². The Bertz CT molecular complexity index is 234. The summed E-state index contributed by atoms with van der Waals surface area (Å²) in [6.45, 7) is 2.13.